The van der Waals surface area contributed by atoms with Gasteiger partial charge in [0, 0.05) is 12.4 Å². The van der Waals surface area contributed by atoms with Gasteiger partial charge < -0.3 is 4.40 Å². The first-order valence-corrected chi connectivity index (χ1v) is 3.29. The first-order chi connectivity index (χ1) is 5.40. The van der Waals surface area contributed by atoms with Crippen LogP contribution in [0.1, 0.15) is 10.5 Å². The van der Waals surface area contributed by atoms with E-state index in [1.54, 1.807) is 6.07 Å². The van der Waals surface area contributed by atoms with E-state index in [0.29, 0.717) is 5.69 Å². The molecule has 0 spiro atoms. The van der Waals surface area contributed by atoms with Crippen LogP contribution in [0.3, 0.4) is 0 Å². The van der Waals surface area contributed by atoms with E-state index in [2.05, 4.69) is 4.98 Å². The summed E-state index contributed by atoms with van der Waals surface area (Å²) in [6, 6.07) is 5.42. The van der Waals surface area contributed by atoms with Gasteiger partial charge in [-0.2, -0.15) is 0 Å². The molecule has 0 atom stereocenters. The molecule has 3 nitrogen and oxygen atoms in total. The maximum Gasteiger partial charge on any atom is 0.168 e. The normalized spacial score (nSPS) is 10.2. The molecule has 2 aromatic heterocycles. The van der Waals surface area contributed by atoms with E-state index in [-0.39, 0.29) is 0 Å². The van der Waals surface area contributed by atoms with Crippen molar-refractivity contribution < 1.29 is 4.79 Å². The molecule has 0 unspecified atom stereocenters. The number of aromatic nitrogens is 2. The van der Waals surface area contributed by atoms with Gasteiger partial charge in [0.1, 0.15) is 11.3 Å². The molecule has 3 heteroatoms. The molecular weight excluding hydrogens is 140 g/mol. The molecule has 0 aliphatic carbocycles. The predicted molar refractivity (Wildman–Crippen MR) is 40.6 cm³/mol. The fourth-order valence-electron chi connectivity index (χ4n) is 0.997. The topological polar surface area (TPSA) is 34.4 Å². The Balaban J connectivity index is 2.76. The Bertz CT molecular complexity index is 392. The van der Waals surface area contributed by atoms with E-state index in [1.165, 1.54) is 0 Å². The number of nitrogens with zero attached hydrogens (tertiary/aromatic N) is 2. The lowest BCUT2D eigenvalue weighted by atomic mass is 10.4. The van der Waals surface area contributed by atoms with Crippen molar-refractivity contribution in [2.75, 3.05) is 0 Å². The van der Waals surface area contributed by atoms with Crippen LogP contribution < -0.4 is 0 Å². The number of rotatable bonds is 1. The highest BCUT2D eigenvalue weighted by atomic mass is 16.1. The molecule has 0 amide bonds. The Hall–Kier alpha value is -1.64. The number of hydrogen-bond donors (Lipinski definition) is 0. The van der Waals surface area contributed by atoms with Crippen molar-refractivity contribution in [2.24, 2.45) is 0 Å². The first kappa shape index (κ1) is 6.09. The molecule has 0 N–H and O–H groups in total. The van der Waals surface area contributed by atoms with Crippen molar-refractivity contribution in [2.45, 2.75) is 0 Å². The third-order valence-electron chi connectivity index (χ3n) is 1.53. The lowest BCUT2D eigenvalue weighted by Gasteiger charge is -1.92. The highest BCUT2D eigenvalue weighted by Gasteiger charge is 1.93. The largest absolute Gasteiger partial charge is 0.309 e. The molecule has 11 heavy (non-hydrogen) atoms. The van der Waals surface area contributed by atoms with Crippen LogP contribution in [0.5, 0.6) is 0 Å². The monoisotopic (exact) mass is 146 g/mol. The van der Waals surface area contributed by atoms with Crippen LogP contribution >= 0.6 is 0 Å². The quantitative estimate of drug-likeness (QED) is 0.565. The van der Waals surface area contributed by atoms with Crippen LogP contribution in [0, 0.1) is 0 Å². The van der Waals surface area contributed by atoms with Gasteiger partial charge in [-0.1, -0.05) is 0 Å². The van der Waals surface area contributed by atoms with Gasteiger partial charge in [0.15, 0.2) is 6.29 Å². The fourth-order valence-corrected chi connectivity index (χ4v) is 0.997. The molecule has 0 aliphatic rings. The van der Waals surface area contributed by atoms with Gasteiger partial charge >= 0.3 is 0 Å². The Morgan fingerprint density at radius 3 is 3.09 bits per heavy atom. The van der Waals surface area contributed by atoms with Gasteiger partial charge in [-0.25, -0.2) is 4.98 Å². The number of fused-ring (bicyclic) bond motifs is 1. The van der Waals surface area contributed by atoms with Crippen LogP contribution in [0.15, 0.2) is 30.6 Å². The van der Waals surface area contributed by atoms with Crippen molar-refractivity contribution in [3.8, 4) is 0 Å². The van der Waals surface area contributed by atoms with Gasteiger partial charge in [-0.3, -0.25) is 4.79 Å². The number of aldehydes is 1. The summed E-state index contributed by atoms with van der Waals surface area (Å²) in [5.41, 5.74) is 1.27. The van der Waals surface area contributed by atoms with Gasteiger partial charge in [-0.15, -0.1) is 0 Å². The Kier molecular flexibility index (Phi) is 1.22. The summed E-state index contributed by atoms with van der Waals surface area (Å²) < 4.78 is 1.85. The zero-order chi connectivity index (χ0) is 7.68. The van der Waals surface area contributed by atoms with Crippen molar-refractivity contribution in [3.05, 3.63) is 36.3 Å². The third kappa shape index (κ3) is 0.902. The summed E-state index contributed by atoms with van der Waals surface area (Å²) in [4.78, 5) is 14.3. The van der Waals surface area contributed by atoms with Gasteiger partial charge in [0.2, 0.25) is 0 Å². The van der Waals surface area contributed by atoms with Crippen LogP contribution in [-0.4, -0.2) is 15.7 Å². The molecule has 0 aromatic carbocycles. The van der Waals surface area contributed by atoms with Gasteiger partial charge in [0.25, 0.3) is 0 Å². The molecule has 0 aliphatic heterocycles. The fraction of sp³-hybridized carbons (Fsp3) is 0. The van der Waals surface area contributed by atoms with E-state index in [9.17, 15) is 4.79 Å². The summed E-state index contributed by atoms with van der Waals surface area (Å²) in [7, 11) is 0. The molecule has 54 valence electrons. The Morgan fingerprint density at radius 2 is 2.27 bits per heavy atom. The van der Waals surface area contributed by atoms with Crippen LogP contribution in [0.4, 0.5) is 0 Å². The summed E-state index contributed by atoms with van der Waals surface area (Å²) in [6.07, 6.45) is 4.44. The van der Waals surface area contributed by atoms with Crippen molar-refractivity contribution >= 4 is 11.9 Å². The number of carbonyl (C=O) groups excluding carboxylic acids is 1. The molecule has 0 fully saturated rings. The zero-order valence-corrected chi connectivity index (χ0v) is 5.77. The summed E-state index contributed by atoms with van der Waals surface area (Å²) in [6.45, 7) is 0. The van der Waals surface area contributed by atoms with Crippen LogP contribution in [0.25, 0.3) is 5.65 Å². The average Bonchev–Trinajstić information content (AvgIpc) is 2.50. The van der Waals surface area contributed by atoms with E-state index in [4.69, 9.17) is 0 Å². The lowest BCUT2D eigenvalue weighted by Crippen LogP contribution is -1.90. The van der Waals surface area contributed by atoms with Gasteiger partial charge in [-0.05, 0) is 18.2 Å². The molecular formula is C8H6N2O. The minimum atomic E-state index is 0.469. The SMILES string of the molecule is O=Cc1ccn2cccc2n1. The molecule has 0 radical (unpaired) electrons. The predicted octanol–water partition coefficient (Wildman–Crippen LogP) is 1.15. The number of hydrogen-bond acceptors (Lipinski definition) is 2. The summed E-state index contributed by atoms with van der Waals surface area (Å²) >= 11 is 0. The van der Waals surface area contributed by atoms with Gasteiger partial charge in [0.05, 0.1) is 0 Å². The second-order valence-corrected chi connectivity index (χ2v) is 2.24. The molecule has 0 saturated carbocycles. The lowest BCUT2D eigenvalue weighted by molar-refractivity contribution is 0.111. The van der Waals surface area contributed by atoms with E-state index in [1.807, 2.05) is 28.9 Å². The number of carbonyl (C=O) groups is 1. The second-order valence-electron chi connectivity index (χ2n) is 2.24. The van der Waals surface area contributed by atoms with E-state index in [0.717, 1.165) is 11.9 Å². The molecule has 2 heterocycles. The second kappa shape index (κ2) is 2.20. The molecule has 0 bridgehead atoms. The average molecular weight is 146 g/mol. The molecule has 2 rings (SSSR count). The minimum absolute atomic E-state index is 0.469. The smallest absolute Gasteiger partial charge is 0.168 e. The van der Waals surface area contributed by atoms with E-state index < -0.39 is 0 Å². The van der Waals surface area contributed by atoms with Crippen molar-refractivity contribution in [1.82, 2.24) is 9.38 Å². The highest BCUT2D eigenvalue weighted by Crippen LogP contribution is 2.00. The Morgan fingerprint density at radius 1 is 1.36 bits per heavy atom. The first-order valence-electron chi connectivity index (χ1n) is 3.29. The van der Waals surface area contributed by atoms with E-state index >= 15 is 0 Å². The molecule has 0 saturated heterocycles. The van der Waals surface area contributed by atoms with Crippen molar-refractivity contribution in [3.63, 3.8) is 0 Å². The molecule has 2 aromatic rings. The third-order valence-corrected chi connectivity index (χ3v) is 1.53. The summed E-state index contributed by atoms with van der Waals surface area (Å²) in [5.74, 6) is 0. The van der Waals surface area contributed by atoms with Crippen molar-refractivity contribution in [1.29, 1.82) is 0 Å². The maximum absolute atomic E-state index is 10.3. The Labute approximate surface area is 63.3 Å². The summed E-state index contributed by atoms with van der Waals surface area (Å²) in [5, 5.41) is 0. The van der Waals surface area contributed by atoms with Crippen LogP contribution in [0.2, 0.25) is 0 Å². The zero-order valence-electron chi connectivity index (χ0n) is 5.77. The standard InChI is InChI=1S/C8H6N2O/c11-6-7-3-5-10-4-1-2-8(10)9-7/h1-6H. The maximum atomic E-state index is 10.3. The highest BCUT2D eigenvalue weighted by molar-refractivity contribution is 5.72. The van der Waals surface area contributed by atoms with Crippen LogP contribution in [-0.2, 0) is 0 Å². The minimum Gasteiger partial charge on any atom is -0.309 e.